The molecule has 5 rings (SSSR count). The largest absolute Gasteiger partial charge is 0.459 e. The van der Waals surface area contributed by atoms with Crippen LogP contribution in [0.5, 0.6) is 0 Å². The van der Waals surface area contributed by atoms with Gasteiger partial charge in [-0.15, -0.1) is 0 Å². The number of rotatable bonds is 1. The molecule has 0 aromatic carbocycles. The standard InChI is InChI=1S/C19H24O6/c1-8(2)14-19-10(5-11(21)23-14)17(3)6-9(20)7-18(4)13(17)12(15(19)25-19)24-16(18)22/h5,8-9,12-15,20H,6-7H2,1-4H3/t9-,12-,13+,14+,15+,17+,18-,19+/m0/s1. The van der Waals surface area contributed by atoms with Gasteiger partial charge in [-0.25, -0.2) is 4.79 Å². The van der Waals surface area contributed by atoms with E-state index in [-0.39, 0.29) is 36.0 Å². The van der Waals surface area contributed by atoms with Gasteiger partial charge in [-0.05, 0) is 31.3 Å². The minimum absolute atomic E-state index is 0.0785. The molecule has 0 amide bonds. The van der Waals surface area contributed by atoms with Crippen molar-refractivity contribution in [2.24, 2.45) is 22.7 Å². The lowest BCUT2D eigenvalue weighted by atomic mass is 9.46. The zero-order chi connectivity index (χ0) is 17.9. The summed E-state index contributed by atoms with van der Waals surface area (Å²) in [4.78, 5) is 25.0. The van der Waals surface area contributed by atoms with Crippen molar-refractivity contribution < 1.29 is 28.9 Å². The number of aliphatic hydroxyl groups excluding tert-OH is 1. The molecule has 2 aliphatic carbocycles. The SMILES string of the molecule is CC(C)[C@H]1OC(=O)C=C2[C@@]13O[C@@H]3[C@H]1OC(=O)[C@@]3(C)C[C@@H](O)C[C@@]2(C)[C@@H]13. The van der Waals surface area contributed by atoms with Crippen LogP contribution in [0.3, 0.4) is 0 Å². The lowest BCUT2D eigenvalue weighted by molar-refractivity contribution is -0.154. The number of ether oxygens (including phenoxy) is 3. The van der Waals surface area contributed by atoms with Crippen LogP contribution in [0.15, 0.2) is 11.6 Å². The highest BCUT2D eigenvalue weighted by atomic mass is 16.7. The van der Waals surface area contributed by atoms with Crippen molar-refractivity contribution in [2.75, 3.05) is 0 Å². The molecule has 4 fully saturated rings. The van der Waals surface area contributed by atoms with Gasteiger partial charge >= 0.3 is 11.9 Å². The van der Waals surface area contributed by atoms with Gasteiger partial charge in [0.25, 0.3) is 0 Å². The normalized spacial score (nSPS) is 55.6. The first-order valence-corrected chi connectivity index (χ1v) is 9.15. The minimum Gasteiger partial charge on any atom is -0.459 e. The Morgan fingerprint density at radius 3 is 2.52 bits per heavy atom. The molecular formula is C19H24O6. The maximum absolute atomic E-state index is 12.7. The predicted molar refractivity (Wildman–Crippen MR) is 85.2 cm³/mol. The van der Waals surface area contributed by atoms with Crippen molar-refractivity contribution in [3.8, 4) is 0 Å². The summed E-state index contributed by atoms with van der Waals surface area (Å²) in [5, 5.41) is 10.6. The van der Waals surface area contributed by atoms with Crippen LogP contribution in [-0.2, 0) is 23.8 Å². The first-order chi connectivity index (χ1) is 11.6. The van der Waals surface area contributed by atoms with E-state index in [2.05, 4.69) is 6.92 Å². The van der Waals surface area contributed by atoms with Crippen molar-refractivity contribution in [1.82, 2.24) is 0 Å². The number of fused-ring (bicyclic) bond motifs is 2. The first-order valence-electron chi connectivity index (χ1n) is 9.15. The van der Waals surface area contributed by atoms with E-state index in [1.54, 1.807) is 6.08 Å². The smallest absolute Gasteiger partial charge is 0.331 e. The molecule has 6 nitrogen and oxygen atoms in total. The quantitative estimate of drug-likeness (QED) is 0.569. The Bertz CT molecular complexity index is 727. The van der Waals surface area contributed by atoms with Crippen LogP contribution in [0.1, 0.15) is 40.5 Å². The molecule has 25 heavy (non-hydrogen) atoms. The number of carbonyl (C=O) groups excluding carboxylic acids is 2. The topological polar surface area (TPSA) is 85.4 Å². The van der Waals surface area contributed by atoms with E-state index in [1.165, 1.54) is 0 Å². The van der Waals surface area contributed by atoms with E-state index < -0.39 is 28.6 Å². The molecule has 0 unspecified atom stereocenters. The average Bonchev–Trinajstić information content (AvgIpc) is 3.15. The van der Waals surface area contributed by atoms with Gasteiger partial charge in [0.05, 0.1) is 11.5 Å². The van der Waals surface area contributed by atoms with Crippen LogP contribution < -0.4 is 0 Å². The lowest BCUT2D eigenvalue weighted by Crippen LogP contribution is -2.62. The van der Waals surface area contributed by atoms with Gasteiger partial charge in [-0.2, -0.15) is 0 Å². The average molecular weight is 348 g/mol. The highest BCUT2D eigenvalue weighted by Crippen LogP contribution is 2.72. The Morgan fingerprint density at radius 1 is 1.16 bits per heavy atom. The molecular weight excluding hydrogens is 324 g/mol. The molecule has 3 heterocycles. The fourth-order valence-corrected chi connectivity index (χ4v) is 6.59. The molecule has 136 valence electrons. The van der Waals surface area contributed by atoms with Gasteiger partial charge in [0.15, 0.2) is 5.60 Å². The summed E-state index contributed by atoms with van der Waals surface area (Å²) in [5.41, 5.74) is -1.09. The van der Waals surface area contributed by atoms with E-state index in [1.807, 2.05) is 20.8 Å². The van der Waals surface area contributed by atoms with Crippen molar-refractivity contribution in [3.63, 3.8) is 0 Å². The molecule has 0 radical (unpaired) electrons. The minimum atomic E-state index is -0.745. The Labute approximate surface area is 146 Å². The van der Waals surface area contributed by atoms with Gasteiger partial charge in [0.1, 0.15) is 18.3 Å². The molecule has 1 N–H and O–H groups in total. The van der Waals surface area contributed by atoms with E-state index in [0.29, 0.717) is 12.8 Å². The van der Waals surface area contributed by atoms with Crippen molar-refractivity contribution in [1.29, 1.82) is 0 Å². The Morgan fingerprint density at radius 2 is 1.84 bits per heavy atom. The highest BCUT2D eigenvalue weighted by Gasteiger charge is 2.83. The van der Waals surface area contributed by atoms with Gasteiger partial charge in [0.2, 0.25) is 0 Å². The number of aliphatic hydroxyl groups is 1. The van der Waals surface area contributed by atoms with Crippen molar-refractivity contribution in [3.05, 3.63) is 11.6 Å². The second-order valence-electron chi connectivity index (χ2n) is 9.24. The second-order valence-corrected chi connectivity index (χ2v) is 9.24. The van der Waals surface area contributed by atoms with Crippen LogP contribution in [-0.4, -0.2) is 47.1 Å². The van der Waals surface area contributed by atoms with Crippen molar-refractivity contribution >= 4 is 11.9 Å². The summed E-state index contributed by atoms with van der Waals surface area (Å²) < 4.78 is 17.6. The fraction of sp³-hybridized carbons (Fsp3) is 0.789. The number of hydrogen-bond acceptors (Lipinski definition) is 6. The van der Waals surface area contributed by atoms with E-state index in [4.69, 9.17) is 14.2 Å². The van der Waals surface area contributed by atoms with Crippen LogP contribution in [0.2, 0.25) is 0 Å². The lowest BCUT2D eigenvalue weighted by Gasteiger charge is -2.55. The molecule has 0 aromatic rings. The fourth-order valence-electron chi connectivity index (χ4n) is 6.59. The molecule has 5 aliphatic rings. The van der Waals surface area contributed by atoms with E-state index in [9.17, 15) is 14.7 Å². The number of cyclic esters (lactones) is 1. The third-order valence-corrected chi connectivity index (χ3v) is 7.29. The van der Waals surface area contributed by atoms with Gasteiger partial charge in [-0.3, -0.25) is 4.79 Å². The summed E-state index contributed by atoms with van der Waals surface area (Å²) in [6.07, 6.45) is 0.837. The Kier molecular flexibility index (Phi) is 2.71. The maximum Gasteiger partial charge on any atom is 0.331 e. The maximum atomic E-state index is 12.7. The van der Waals surface area contributed by atoms with Gasteiger partial charge < -0.3 is 19.3 Å². The highest BCUT2D eigenvalue weighted by molar-refractivity contribution is 5.87. The number of epoxide rings is 1. The molecule has 6 heteroatoms. The molecule has 2 saturated heterocycles. The zero-order valence-corrected chi connectivity index (χ0v) is 14.9. The molecule has 3 aliphatic heterocycles. The van der Waals surface area contributed by atoms with E-state index >= 15 is 0 Å². The first kappa shape index (κ1) is 15.8. The predicted octanol–water partition coefficient (Wildman–Crippen LogP) is 1.35. The van der Waals surface area contributed by atoms with Gasteiger partial charge in [-0.1, -0.05) is 20.8 Å². The summed E-state index contributed by atoms with van der Waals surface area (Å²) in [6.45, 7) is 7.94. The summed E-state index contributed by atoms with van der Waals surface area (Å²) in [5.74, 6) is -0.637. The van der Waals surface area contributed by atoms with Crippen molar-refractivity contribution in [2.45, 2.75) is 70.6 Å². The van der Waals surface area contributed by atoms with Crippen LogP contribution in [0.4, 0.5) is 0 Å². The number of esters is 2. The second kappa shape index (κ2) is 4.29. The molecule has 0 bridgehead atoms. The molecule has 0 aromatic heterocycles. The third kappa shape index (κ3) is 1.59. The molecule has 2 saturated carbocycles. The van der Waals surface area contributed by atoms with Gasteiger partial charge in [0, 0.05) is 17.4 Å². The van der Waals surface area contributed by atoms with Crippen LogP contribution >= 0.6 is 0 Å². The van der Waals surface area contributed by atoms with Crippen LogP contribution in [0.25, 0.3) is 0 Å². The third-order valence-electron chi connectivity index (χ3n) is 7.29. The zero-order valence-electron chi connectivity index (χ0n) is 14.9. The summed E-state index contributed by atoms with van der Waals surface area (Å²) in [7, 11) is 0. The Hall–Kier alpha value is -1.40. The van der Waals surface area contributed by atoms with Crippen LogP contribution in [0, 0.1) is 22.7 Å². The van der Waals surface area contributed by atoms with E-state index in [0.717, 1.165) is 5.57 Å². The summed E-state index contributed by atoms with van der Waals surface area (Å²) >= 11 is 0. The number of hydrogen-bond donors (Lipinski definition) is 1. The molecule has 8 atom stereocenters. The Balaban J connectivity index is 1.73. The number of carbonyl (C=O) groups is 2. The summed E-state index contributed by atoms with van der Waals surface area (Å²) in [6, 6.07) is 0. The molecule has 1 spiro atoms. The monoisotopic (exact) mass is 348 g/mol.